The number of likely N-dealkylation sites (tertiary alicyclic amines) is 1. The molecule has 0 unspecified atom stereocenters. The number of carbonyl (C=O) groups excluding carboxylic acids is 3. The van der Waals surface area contributed by atoms with Gasteiger partial charge in [0.15, 0.2) is 0 Å². The maximum atomic E-state index is 12.7. The largest absolute Gasteiger partial charge is 0.348 e. The van der Waals surface area contributed by atoms with E-state index in [9.17, 15) is 14.4 Å². The molecule has 6 nitrogen and oxygen atoms in total. The minimum atomic E-state index is -0.231. The Hall–Kier alpha value is -3.15. The van der Waals surface area contributed by atoms with E-state index in [1.165, 1.54) is 6.42 Å². The lowest BCUT2D eigenvalue weighted by atomic mass is 10.1. The standard InChI is InChI=1S/C23H27N3O3/c1-2-21(27)25-20-11-7-9-18(15-20)22(28)24-16-17-8-6-10-19(14-17)23(29)26-12-4-3-5-13-26/h6-11,14-15H,2-5,12-13,16H2,1H3,(H,24,28)(H,25,27). The van der Waals surface area contributed by atoms with Crippen molar-refractivity contribution in [1.29, 1.82) is 0 Å². The van der Waals surface area contributed by atoms with Crippen molar-refractivity contribution in [3.63, 3.8) is 0 Å². The highest BCUT2D eigenvalue weighted by Crippen LogP contribution is 2.15. The van der Waals surface area contributed by atoms with Gasteiger partial charge in [0.1, 0.15) is 0 Å². The molecule has 0 aromatic heterocycles. The molecule has 0 radical (unpaired) electrons. The number of amides is 3. The Morgan fingerprint density at radius 1 is 0.931 bits per heavy atom. The second kappa shape index (κ2) is 9.87. The van der Waals surface area contributed by atoms with E-state index < -0.39 is 0 Å². The van der Waals surface area contributed by atoms with Crippen LogP contribution in [0.2, 0.25) is 0 Å². The van der Waals surface area contributed by atoms with Gasteiger partial charge in [0.05, 0.1) is 0 Å². The number of anilines is 1. The summed E-state index contributed by atoms with van der Waals surface area (Å²) in [4.78, 5) is 38.6. The van der Waals surface area contributed by atoms with Crippen LogP contribution in [0, 0.1) is 0 Å². The highest BCUT2D eigenvalue weighted by molar-refractivity contribution is 5.97. The molecular formula is C23H27N3O3. The fraction of sp³-hybridized carbons (Fsp3) is 0.348. The lowest BCUT2D eigenvalue weighted by molar-refractivity contribution is -0.115. The predicted octanol–water partition coefficient (Wildman–Crippen LogP) is 3.59. The van der Waals surface area contributed by atoms with Gasteiger partial charge in [-0.1, -0.05) is 25.1 Å². The molecule has 1 saturated heterocycles. The Labute approximate surface area is 171 Å². The zero-order valence-electron chi connectivity index (χ0n) is 16.7. The molecule has 0 atom stereocenters. The number of piperidine rings is 1. The summed E-state index contributed by atoms with van der Waals surface area (Å²) in [7, 11) is 0. The highest BCUT2D eigenvalue weighted by atomic mass is 16.2. The lowest BCUT2D eigenvalue weighted by Crippen LogP contribution is -2.35. The second-order valence-corrected chi connectivity index (χ2v) is 7.22. The summed E-state index contributed by atoms with van der Waals surface area (Å²) < 4.78 is 0. The average Bonchev–Trinajstić information content (AvgIpc) is 2.77. The molecule has 152 valence electrons. The van der Waals surface area contributed by atoms with Gasteiger partial charge in [-0.3, -0.25) is 14.4 Å². The summed E-state index contributed by atoms with van der Waals surface area (Å²) in [5, 5.41) is 5.63. The summed E-state index contributed by atoms with van der Waals surface area (Å²) in [6, 6.07) is 14.2. The van der Waals surface area contributed by atoms with Gasteiger partial charge in [-0.25, -0.2) is 0 Å². The van der Waals surface area contributed by atoms with E-state index in [1.54, 1.807) is 31.2 Å². The van der Waals surface area contributed by atoms with Gasteiger partial charge < -0.3 is 15.5 Å². The Morgan fingerprint density at radius 2 is 1.66 bits per heavy atom. The fourth-order valence-electron chi connectivity index (χ4n) is 3.37. The minimum Gasteiger partial charge on any atom is -0.348 e. The van der Waals surface area contributed by atoms with Crippen LogP contribution in [0.4, 0.5) is 5.69 Å². The third-order valence-corrected chi connectivity index (χ3v) is 5.00. The van der Waals surface area contributed by atoms with E-state index in [-0.39, 0.29) is 17.7 Å². The fourth-order valence-corrected chi connectivity index (χ4v) is 3.37. The number of rotatable bonds is 6. The normalized spacial score (nSPS) is 13.6. The topological polar surface area (TPSA) is 78.5 Å². The molecule has 2 aromatic carbocycles. The molecule has 0 aliphatic carbocycles. The third kappa shape index (κ3) is 5.67. The molecule has 6 heteroatoms. The summed E-state index contributed by atoms with van der Waals surface area (Å²) in [5.74, 6) is -0.277. The van der Waals surface area contributed by atoms with Crippen molar-refractivity contribution in [1.82, 2.24) is 10.2 Å². The highest BCUT2D eigenvalue weighted by Gasteiger charge is 2.18. The Bertz CT molecular complexity index is 888. The molecule has 2 N–H and O–H groups in total. The smallest absolute Gasteiger partial charge is 0.253 e. The number of nitrogens with one attached hydrogen (secondary N) is 2. The summed E-state index contributed by atoms with van der Waals surface area (Å²) in [6.45, 7) is 3.72. The van der Waals surface area contributed by atoms with Gasteiger partial charge >= 0.3 is 0 Å². The van der Waals surface area contributed by atoms with Gasteiger partial charge in [0.25, 0.3) is 11.8 Å². The van der Waals surface area contributed by atoms with Crippen molar-refractivity contribution in [3.05, 3.63) is 65.2 Å². The Balaban J connectivity index is 1.61. The van der Waals surface area contributed by atoms with Crippen molar-refractivity contribution in [2.24, 2.45) is 0 Å². The van der Waals surface area contributed by atoms with Crippen LogP contribution in [-0.4, -0.2) is 35.7 Å². The van der Waals surface area contributed by atoms with Crippen molar-refractivity contribution in [2.75, 3.05) is 18.4 Å². The van der Waals surface area contributed by atoms with Crippen LogP contribution in [0.3, 0.4) is 0 Å². The molecule has 1 aliphatic rings. The maximum absolute atomic E-state index is 12.7. The van der Waals surface area contributed by atoms with Crippen molar-refractivity contribution in [3.8, 4) is 0 Å². The Morgan fingerprint density at radius 3 is 2.41 bits per heavy atom. The molecule has 0 saturated carbocycles. The van der Waals surface area contributed by atoms with Gasteiger partial charge in [0.2, 0.25) is 5.91 Å². The van der Waals surface area contributed by atoms with E-state index in [1.807, 2.05) is 29.2 Å². The second-order valence-electron chi connectivity index (χ2n) is 7.22. The van der Waals surface area contributed by atoms with E-state index in [2.05, 4.69) is 10.6 Å². The molecule has 29 heavy (non-hydrogen) atoms. The Kier molecular flexibility index (Phi) is 7.00. The zero-order valence-corrected chi connectivity index (χ0v) is 16.7. The molecule has 3 rings (SSSR count). The quantitative estimate of drug-likeness (QED) is 0.787. The number of hydrogen-bond acceptors (Lipinski definition) is 3. The molecular weight excluding hydrogens is 366 g/mol. The molecule has 1 aliphatic heterocycles. The molecule has 3 amide bonds. The van der Waals surface area contributed by atoms with Crippen LogP contribution in [0.15, 0.2) is 48.5 Å². The lowest BCUT2D eigenvalue weighted by Gasteiger charge is -2.26. The number of nitrogens with zero attached hydrogens (tertiary/aromatic N) is 1. The van der Waals surface area contributed by atoms with E-state index >= 15 is 0 Å². The average molecular weight is 393 g/mol. The molecule has 1 fully saturated rings. The first-order valence-corrected chi connectivity index (χ1v) is 10.1. The molecule has 0 bridgehead atoms. The summed E-state index contributed by atoms with van der Waals surface area (Å²) in [6.07, 6.45) is 3.67. The van der Waals surface area contributed by atoms with Crippen molar-refractivity contribution < 1.29 is 14.4 Å². The molecule has 2 aromatic rings. The monoisotopic (exact) mass is 393 g/mol. The third-order valence-electron chi connectivity index (χ3n) is 5.00. The molecule has 1 heterocycles. The number of carbonyl (C=O) groups is 3. The van der Waals surface area contributed by atoms with Crippen LogP contribution < -0.4 is 10.6 Å². The van der Waals surface area contributed by atoms with Gasteiger partial charge in [-0.2, -0.15) is 0 Å². The van der Waals surface area contributed by atoms with Gasteiger partial charge in [-0.15, -0.1) is 0 Å². The summed E-state index contributed by atoms with van der Waals surface area (Å²) >= 11 is 0. The first-order chi connectivity index (χ1) is 14.1. The number of benzene rings is 2. The first kappa shape index (κ1) is 20.6. The van der Waals surface area contributed by atoms with Gasteiger partial charge in [-0.05, 0) is 55.2 Å². The van der Waals surface area contributed by atoms with Gasteiger partial charge in [0, 0.05) is 42.9 Å². The van der Waals surface area contributed by atoms with Crippen LogP contribution in [0.25, 0.3) is 0 Å². The number of hydrogen-bond donors (Lipinski definition) is 2. The van der Waals surface area contributed by atoms with E-state index in [0.29, 0.717) is 29.8 Å². The van der Waals surface area contributed by atoms with E-state index in [0.717, 1.165) is 31.5 Å². The van der Waals surface area contributed by atoms with Crippen LogP contribution in [0.5, 0.6) is 0 Å². The van der Waals surface area contributed by atoms with Crippen LogP contribution in [-0.2, 0) is 11.3 Å². The van der Waals surface area contributed by atoms with Crippen LogP contribution >= 0.6 is 0 Å². The van der Waals surface area contributed by atoms with Crippen molar-refractivity contribution >= 4 is 23.4 Å². The maximum Gasteiger partial charge on any atom is 0.253 e. The van der Waals surface area contributed by atoms with E-state index in [4.69, 9.17) is 0 Å². The van der Waals surface area contributed by atoms with Crippen molar-refractivity contribution in [2.45, 2.75) is 39.2 Å². The van der Waals surface area contributed by atoms with Crippen LogP contribution in [0.1, 0.15) is 58.9 Å². The predicted molar refractivity (Wildman–Crippen MR) is 113 cm³/mol. The molecule has 0 spiro atoms. The first-order valence-electron chi connectivity index (χ1n) is 10.1. The minimum absolute atomic E-state index is 0.0530. The summed E-state index contributed by atoms with van der Waals surface area (Å²) in [5.41, 5.74) is 2.60. The zero-order chi connectivity index (χ0) is 20.6. The SMILES string of the molecule is CCC(=O)Nc1cccc(C(=O)NCc2cccc(C(=O)N3CCCCC3)c2)c1.